The lowest BCUT2D eigenvalue weighted by Gasteiger charge is -2.35. The second kappa shape index (κ2) is 9.58. The second-order valence-corrected chi connectivity index (χ2v) is 11.2. The maximum Gasteiger partial charge on any atom is 0.243 e. The number of hydrogen-bond acceptors (Lipinski definition) is 8. The minimum atomic E-state index is -3.20. The minimum Gasteiger partial charge on any atom is -0.495 e. The van der Waals surface area contributed by atoms with E-state index in [1.807, 2.05) is 31.2 Å². The Morgan fingerprint density at radius 1 is 1.17 bits per heavy atom. The zero-order valence-corrected chi connectivity index (χ0v) is 21.3. The highest BCUT2D eigenvalue weighted by Crippen LogP contribution is 2.35. The molecule has 0 unspecified atom stereocenters. The average molecular weight is 515 g/mol. The van der Waals surface area contributed by atoms with Crippen molar-refractivity contribution in [1.29, 1.82) is 0 Å². The van der Waals surface area contributed by atoms with Crippen molar-refractivity contribution in [2.75, 3.05) is 51.0 Å². The van der Waals surface area contributed by atoms with Crippen LogP contribution in [0.3, 0.4) is 0 Å². The molecule has 1 aromatic carbocycles. The fourth-order valence-electron chi connectivity index (χ4n) is 4.74. The molecule has 2 aromatic heterocycles. The van der Waals surface area contributed by atoms with Gasteiger partial charge < -0.3 is 24.7 Å². The van der Waals surface area contributed by atoms with Gasteiger partial charge in [0.05, 0.1) is 36.6 Å². The Balaban J connectivity index is 1.41. The summed E-state index contributed by atoms with van der Waals surface area (Å²) in [6, 6.07) is 7.79. The SMILES string of the molecule is COc1cc(-c2cc3[nH]cnc3c(O[C@H](C)[C@H]3CNC(=O)C3)n2)ccc1N1CCN(S(C)(=O)=O)CC1. The Labute approximate surface area is 209 Å². The molecule has 0 radical (unpaired) electrons. The number of fused-ring (bicyclic) bond motifs is 1. The summed E-state index contributed by atoms with van der Waals surface area (Å²) in [4.78, 5) is 26.1. The van der Waals surface area contributed by atoms with E-state index in [4.69, 9.17) is 14.5 Å². The van der Waals surface area contributed by atoms with Gasteiger partial charge in [-0.1, -0.05) is 6.07 Å². The predicted molar refractivity (Wildman–Crippen MR) is 136 cm³/mol. The Kier molecular flexibility index (Phi) is 6.47. The number of sulfonamides is 1. The van der Waals surface area contributed by atoms with E-state index in [2.05, 4.69) is 20.2 Å². The van der Waals surface area contributed by atoms with E-state index in [1.165, 1.54) is 10.6 Å². The summed E-state index contributed by atoms with van der Waals surface area (Å²) in [6.07, 6.45) is 3.06. The molecule has 2 fully saturated rings. The number of imidazole rings is 1. The third-order valence-electron chi connectivity index (χ3n) is 6.87. The first kappa shape index (κ1) is 24.3. The van der Waals surface area contributed by atoms with Gasteiger partial charge >= 0.3 is 0 Å². The summed E-state index contributed by atoms with van der Waals surface area (Å²) >= 11 is 0. The Morgan fingerprint density at radius 3 is 2.61 bits per heavy atom. The van der Waals surface area contributed by atoms with Crippen LogP contribution in [0.2, 0.25) is 0 Å². The molecule has 2 aliphatic heterocycles. The van der Waals surface area contributed by atoms with Gasteiger partial charge in [-0.05, 0) is 25.1 Å². The molecular formula is C24H30N6O5S. The number of benzene rings is 1. The van der Waals surface area contributed by atoms with Crippen LogP contribution in [0.15, 0.2) is 30.6 Å². The van der Waals surface area contributed by atoms with E-state index in [0.717, 1.165) is 16.8 Å². The third kappa shape index (κ3) is 4.82. The fraction of sp³-hybridized carbons (Fsp3) is 0.458. The summed E-state index contributed by atoms with van der Waals surface area (Å²) < 4.78 is 37.1. The number of aromatic amines is 1. The number of pyridine rings is 1. The van der Waals surface area contributed by atoms with Crippen molar-refractivity contribution in [1.82, 2.24) is 24.6 Å². The van der Waals surface area contributed by atoms with Gasteiger partial charge in [-0.3, -0.25) is 4.79 Å². The van der Waals surface area contributed by atoms with Gasteiger partial charge in [0, 0.05) is 50.6 Å². The first-order chi connectivity index (χ1) is 17.2. The number of aromatic nitrogens is 3. The van der Waals surface area contributed by atoms with Gasteiger partial charge in [0.2, 0.25) is 21.8 Å². The maximum atomic E-state index is 11.9. The fourth-order valence-corrected chi connectivity index (χ4v) is 5.56. The number of anilines is 1. The van der Waals surface area contributed by atoms with Crippen molar-refractivity contribution >= 4 is 32.7 Å². The van der Waals surface area contributed by atoms with E-state index in [9.17, 15) is 13.2 Å². The highest BCUT2D eigenvalue weighted by atomic mass is 32.2. The molecule has 2 N–H and O–H groups in total. The van der Waals surface area contributed by atoms with Gasteiger partial charge in [-0.2, -0.15) is 4.31 Å². The lowest BCUT2D eigenvalue weighted by molar-refractivity contribution is -0.119. The van der Waals surface area contributed by atoms with Gasteiger partial charge in [0.15, 0.2) is 5.52 Å². The first-order valence-corrected chi connectivity index (χ1v) is 13.7. The number of carbonyl (C=O) groups is 1. The summed E-state index contributed by atoms with van der Waals surface area (Å²) in [7, 11) is -1.58. The molecule has 0 bridgehead atoms. The van der Waals surface area contributed by atoms with Crippen LogP contribution in [0.5, 0.6) is 11.6 Å². The largest absolute Gasteiger partial charge is 0.495 e. The summed E-state index contributed by atoms with van der Waals surface area (Å²) in [5, 5.41) is 2.85. The van der Waals surface area contributed by atoms with Gasteiger partial charge in [-0.15, -0.1) is 0 Å². The molecule has 2 aliphatic rings. The number of ether oxygens (including phenoxy) is 2. The molecule has 36 heavy (non-hydrogen) atoms. The number of carbonyl (C=O) groups excluding carboxylic acids is 1. The van der Waals surface area contributed by atoms with Crippen LogP contribution in [-0.4, -0.2) is 85.8 Å². The topological polar surface area (TPSA) is 130 Å². The quantitative estimate of drug-likeness (QED) is 0.487. The summed E-state index contributed by atoms with van der Waals surface area (Å²) in [5.41, 5.74) is 3.87. The van der Waals surface area contributed by atoms with E-state index in [0.29, 0.717) is 62.0 Å². The molecule has 1 amide bonds. The second-order valence-electron chi connectivity index (χ2n) is 9.24. The number of piperazine rings is 1. The molecule has 0 saturated carbocycles. The van der Waals surface area contributed by atoms with Crippen molar-refractivity contribution in [3.05, 3.63) is 30.6 Å². The lowest BCUT2D eigenvalue weighted by Crippen LogP contribution is -2.48. The first-order valence-electron chi connectivity index (χ1n) is 11.9. The smallest absolute Gasteiger partial charge is 0.243 e. The zero-order valence-electron chi connectivity index (χ0n) is 20.5. The third-order valence-corrected chi connectivity index (χ3v) is 8.17. The number of nitrogens with zero attached hydrogens (tertiary/aromatic N) is 4. The molecule has 192 valence electrons. The molecule has 3 aromatic rings. The van der Waals surface area contributed by atoms with E-state index in [1.54, 1.807) is 13.4 Å². The summed E-state index contributed by atoms with van der Waals surface area (Å²) in [6.45, 7) is 4.55. The lowest BCUT2D eigenvalue weighted by atomic mass is 10.0. The van der Waals surface area contributed by atoms with Gasteiger partial charge in [0.1, 0.15) is 11.9 Å². The van der Waals surface area contributed by atoms with Gasteiger partial charge in [0.25, 0.3) is 0 Å². The van der Waals surface area contributed by atoms with E-state index < -0.39 is 10.0 Å². The van der Waals surface area contributed by atoms with E-state index >= 15 is 0 Å². The minimum absolute atomic E-state index is 0.0343. The number of hydrogen-bond donors (Lipinski definition) is 2. The molecule has 2 saturated heterocycles. The maximum absolute atomic E-state index is 11.9. The molecule has 2 atom stereocenters. The average Bonchev–Trinajstić information content (AvgIpc) is 3.52. The van der Waals surface area contributed by atoms with Crippen LogP contribution in [0.1, 0.15) is 13.3 Å². The monoisotopic (exact) mass is 514 g/mol. The molecular weight excluding hydrogens is 484 g/mol. The highest BCUT2D eigenvalue weighted by Gasteiger charge is 2.29. The standard InChI is InChI=1S/C24H30N6O5S/c1-15(17-11-22(31)25-13-17)35-24-23-19(26-14-27-23)12-18(28-24)16-4-5-20(21(10-16)34-2)29-6-8-30(9-7-29)36(3,32)33/h4-5,10,12,14-15,17H,6-9,11,13H2,1-3H3,(H,25,31)(H,26,27)/t15-,17-/m1/s1. The Morgan fingerprint density at radius 2 is 1.94 bits per heavy atom. The van der Waals surface area contributed by atoms with Crippen molar-refractivity contribution in [3.63, 3.8) is 0 Å². The van der Waals surface area contributed by atoms with Crippen LogP contribution in [0.25, 0.3) is 22.3 Å². The number of rotatable bonds is 7. The Hall–Kier alpha value is -3.38. The van der Waals surface area contributed by atoms with Crippen LogP contribution < -0.4 is 19.7 Å². The molecule has 11 nitrogen and oxygen atoms in total. The van der Waals surface area contributed by atoms with Crippen LogP contribution in [-0.2, 0) is 14.8 Å². The normalized spacial score (nSPS) is 19.9. The zero-order chi connectivity index (χ0) is 25.4. The van der Waals surface area contributed by atoms with Crippen molar-refractivity contribution in [3.8, 4) is 22.9 Å². The number of amides is 1. The van der Waals surface area contributed by atoms with Crippen molar-refractivity contribution < 1.29 is 22.7 Å². The van der Waals surface area contributed by atoms with E-state index in [-0.39, 0.29) is 17.9 Å². The molecule has 12 heteroatoms. The van der Waals surface area contributed by atoms with Crippen LogP contribution in [0, 0.1) is 5.92 Å². The number of nitrogens with one attached hydrogen (secondary N) is 2. The van der Waals surface area contributed by atoms with Crippen LogP contribution in [0.4, 0.5) is 5.69 Å². The molecule has 0 aliphatic carbocycles. The molecule has 0 spiro atoms. The number of H-pyrrole nitrogens is 1. The number of methoxy groups -OCH3 is 1. The Bertz CT molecular complexity index is 1380. The van der Waals surface area contributed by atoms with Gasteiger partial charge in [-0.25, -0.2) is 18.4 Å². The van der Waals surface area contributed by atoms with Crippen LogP contribution >= 0.6 is 0 Å². The summed E-state index contributed by atoms with van der Waals surface area (Å²) in [5.74, 6) is 1.19. The molecule has 5 rings (SSSR count). The van der Waals surface area contributed by atoms with Crippen molar-refractivity contribution in [2.45, 2.75) is 19.4 Å². The van der Waals surface area contributed by atoms with Crippen molar-refractivity contribution in [2.24, 2.45) is 5.92 Å². The predicted octanol–water partition coefficient (Wildman–Crippen LogP) is 1.62. The highest BCUT2D eigenvalue weighted by molar-refractivity contribution is 7.88. The molecule has 4 heterocycles.